The van der Waals surface area contributed by atoms with Crippen LogP contribution in [0.4, 0.5) is 0 Å². The number of rotatable bonds is 16. The van der Waals surface area contributed by atoms with E-state index in [-0.39, 0.29) is 23.7 Å². The minimum absolute atomic E-state index is 0.152. The van der Waals surface area contributed by atoms with Gasteiger partial charge in [-0.1, -0.05) is 89.8 Å². The number of hydrogen-bond acceptors (Lipinski definition) is 6. The van der Waals surface area contributed by atoms with Crippen LogP contribution < -0.4 is 15.4 Å². The lowest BCUT2D eigenvalue weighted by Gasteiger charge is -2.36. The summed E-state index contributed by atoms with van der Waals surface area (Å²) in [6.07, 6.45) is 13.4. The minimum atomic E-state index is -1.14. The number of carboxylic acid groups (broad SMARTS) is 1. The van der Waals surface area contributed by atoms with Gasteiger partial charge in [-0.15, -0.1) is 0 Å². The second kappa shape index (κ2) is 17.9. The van der Waals surface area contributed by atoms with Gasteiger partial charge in [-0.05, 0) is 73.6 Å². The first kappa shape index (κ1) is 37.5. The Kier molecular flexibility index (Phi) is 13.7. The van der Waals surface area contributed by atoms with E-state index in [1.807, 2.05) is 48.5 Å². The monoisotopic (exact) mass is 670 g/mol. The molecule has 1 aliphatic rings. The summed E-state index contributed by atoms with van der Waals surface area (Å²) in [5.74, 6) is 0.0236. The third kappa shape index (κ3) is 11.4. The molecule has 49 heavy (non-hydrogen) atoms. The summed E-state index contributed by atoms with van der Waals surface area (Å²) in [6.45, 7) is 11.1. The highest BCUT2D eigenvalue weighted by Gasteiger charge is 2.34. The zero-order chi connectivity index (χ0) is 35.4. The van der Waals surface area contributed by atoms with Crippen molar-refractivity contribution in [2.24, 2.45) is 17.3 Å². The van der Waals surface area contributed by atoms with Crippen molar-refractivity contribution in [2.45, 2.75) is 111 Å². The van der Waals surface area contributed by atoms with Crippen molar-refractivity contribution in [3.8, 4) is 28.3 Å². The molecule has 9 heteroatoms. The predicted molar refractivity (Wildman–Crippen MR) is 193 cm³/mol. The summed E-state index contributed by atoms with van der Waals surface area (Å²) >= 11 is 0. The number of nitrogens with one attached hydrogen (secondary N) is 2. The van der Waals surface area contributed by atoms with Gasteiger partial charge < -0.3 is 20.5 Å². The Bertz CT molecular complexity index is 1490. The van der Waals surface area contributed by atoms with Crippen molar-refractivity contribution >= 4 is 17.8 Å². The lowest BCUT2D eigenvalue weighted by atomic mass is 9.69. The van der Waals surface area contributed by atoms with E-state index in [4.69, 9.17) is 4.74 Å². The topological polar surface area (TPSA) is 131 Å². The second-order valence-corrected chi connectivity index (χ2v) is 14.5. The van der Waals surface area contributed by atoms with Crippen LogP contribution in [0, 0.1) is 17.3 Å². The number of nitrogens with zero attached hydrogens (tertiary/aromatic N) is 2. The number of unbranched alkanes of at least 4 members (excludes halogenated alkanes) is 4. The number of amides is 2. The third-order valence-corrected chi connectivity index (χ3v) is 9.69. The first-order chi connectivity index (χ1) is 23.4. The molecular formula is C40H54N4O5. The van der Waals surface area contributed by atoms with Crippen molar-refractivity contribution < 1.29 is 24.2 Å². The number of carboxylic acids is 1. The van der Waals surface area contributed by atoms with E-state index >= 15 is 0 Å². The lowest BCUT2D eigenvalue weighted by Crippen LogP contribution is -2.53. The molecule has 4 rings (SSSR count). The number of ether oxygens (including phenoxy) is 1. The molecule has 0 unspecified atom stereocenters. The van der Waals surface area contributed by atoms with Gasteiger partial charge in [0.2, 0.25) is 11.8 Å². The van der Waals surface area contributed by atoms with Crippen LogP contribution in [0.5, 0.6) is 5.75 Å². The molecule has 1 saturated carbocycles. The summed E-state index contributed by atoms with van der Waals surface area (Å²) in [6, 6.07) is 13.6. The molecule has 0 bridgehead atoms. The van der Waals surface area contributed by atoms with Gasteiger partial charge in [-0.25, -0.2) is 9.97 Å². The van der Waals surface area contributed by atoms with E-state index in [0.717, 1.165) is 66.7 Å². The van der Waals surface area contributed by atoms with Gasteiger partial charge in [-0.3, -0.25) is 14.4 Å². The van der Waals surface area contributed by atoms with Gasteiger partial charge in [0.05, 0.1) is 6.61 Å². The fourth-order valence-electron chi connectivity index (χ4n) is 6.39. The van der Waals surface area contributed by atoms with Crippen LogP contribution in [0.1, 0.15) is 98.0 Å². The molecule has 0 aliphatic heterocycles. The van der Waals surface area contributed by atoms with Crippen LogP contribution in [-0.4, -0.2) is 51.5 Å². The van der Waals surface area contributed by atoms with Crippen LogP contribution in [0.3, 0.4) is 0 Å². The van der Waals surface area contributed by atoms with Crippen LogP contribution in [0.25, 0.3) is 22.5 Å². The van der Waals surface area contributed by atoms with E-state index in [1.165, 1.54) is 32.6 Å². The molecular weight excluding hydrogens is 616 g/mol. The zero-order valence-corrected chi connectivity index (χ0v) is 29.8. The average molecular weight is 671 g/mol. The van der Waals surface area contributed by atoms with Crippen LogP contribution in [0.2, 0.25) is 0 Å². The minimum Gasteiger partial charge on any atom is -0.494 e. The Morgan fingerprint density at radius 1 is 0.837 bits per heavy atom. The normalized spacial score (nSPS) is 17.5. The maximum atomic E-state index is 13.3. The third-order valence-electron chi connectivity index (χ3n) is 9.69. The Morgan fingerprint density at radius 3 is 2.04 bits per heavy atom. The Morgan fingerprint density at radius 2 is 1.45 bits per heavy atom. The van der Waals surface area contributed by atoms with Crippen molar-refractivity contribution in [3.63, 3.8) is 0 Å². The molecule has 2 amide bonds. The molecule has 2 aromatic carbocycles. The Balaban J connectivity index is 1.36. The smallest absolute Gasteiger partial charge is 0.325 e. The van der Waals surface area contributed by atoms with Crippen molar-refractivity contribution in [2.75, 3.05) is 6.61 Å². The molecule has 1 aromatic heterocycles. The van der Waals surface area contributed by atoms with E-state index in [0.29, 0.717) is 11.7 Å². The molecule has 1 fully saturated rings. The molecule has 3 N–H and O–H groups in total. The maximum absolute atomic E-state index is 13.3. The summed E-state index contributed by atoms with van der Waals surface area (Å²) in [5, 5.41) is 14.8. The van der Waals surface area contributed by atoms with Gasteiger partial charge >= 0.3 is 5.97 Å². The van der Waals surface area contributed by atoms with E-state index in [1.54, 1.807) is 12.4 Å². The molecule has 1 aliphatic carbocycles. The molecule has 3 aromatic rings. The van der Waals surface area contributed by atoms with Crippen LogP contribution in [-0.2, 0) is 20.8 Å². The molecule has 0 radical (unpaired) electrons. The molecule has 9 nitrogen and oxygen atoms in total. The Hall–Kier alpha value is -4.27. The quantitative estimate of drug-likeness (QED) is 0.134. The fraction of sp³-hybridized carbons (Fsp3) is 0.525. The summed E-state index contributed by atoms with van der Waals surface area (Å²) in [4.78, 5) is 47.1. The van der Waals surface area contributed by atoms with Crippen LogP contribution in [0.15, 0.2) is 60.9 Å². The molecule has 2 atom stereocenters. The molecule has 264 valence electrons. The zero-order valence-electron chi connectivity index (χ0n) is 29.8. The number of aliphatic carboxylic acids is 1. The highest BCUT2D eigenvalue weighted by atomic mass is 16.5. The average Bonchev–Trinajstić information content (AvgIpc) is 3.09. The molecule has 0 saturated heterocycles. The summed E-state index contributed by atoms with van der Waals surface area (Å²) in [5.41, 5.74) is 3.74. The van der Waals surface area contributed by atoms with Gasteiger partial charge in [0.25, 0.3) is 0 Å². The molecule has 1 heterocycles. The Labute approximate surface area is 291 Å². The standard InChI is InChI=1S/C40H54N4O5/c1-6-7-8-9-10-23-49-34-21-17-29(18-22-34)32-25-41-36(42-26-32)30-13-11-28(12-14-30)24-35(38(46)43-27(2)39(47)48)44-37(45)31-15-19-33(20-16-31)40(3,4)5/h11-14,17-18,21-22,25-27,31,33,35H,6-10,15-16,19-20,23-24H2,1-5H3,(H,43,46)(H,44,45)(H,47,48)/t27-,31-,33-,35+/m1/s1. The van der Waals surface area contributed by atoms with Crippen molar-refractivity contribution in [1.29, 1.82) is 0 Å². The van der Waals surface area contributed by atoms with Gasteiger partial charge in [-0.2, -0.15) is 0 Å². The van der Waals surface area contributed by atoms with Gasteiger partial charge in [0.1, 0.15) is 17.8 Å². The van der Waals surface area contributed by atoms with Gasteiger partial charge in [0.15, 0.2) is 5.82 Å². The van der Waals surface area contributed by atoms with Crippen molar-refractivity contribution in [1.82, 2.24) is 20.6 Å². The number of carbonyl (C=O) groups excluding carboxylic acids is 2. The summed E-state index contributed by atoms with van der Waals surface area (Å²) in [7, 11) is 0. The van der Waals surface area contributed by atoms with Gasteiger partial charge in [0, 0.05) is 35.9 Å². The number of aromatic nitrogens is 2. The second-order valence-electron chi connectivity index (χ2n) is 14.5. The molecule has 0 spiro atoms. The van der Waals surface area contributed by atoms with Crippen LogP contribution >= 0.6 is 0 Å². The van der Waals surface area contributed by atoms with E-state index < -0.39 is 24.0 Å². The first-order valence-corrected chi connectivity index (χ1v) is 17.9. The number of benzene rings is 2. The maximum Gasteiger partial charge on any atom is 0.325 e. The van der Waals surface area contributed by atoms with Crippen molar-refractivity contribution in [3.05, 3.63) is 66.5 Å². The number of carbonyl (C=O) groups is 3. The van der Waals surface area contributed by atoms with E-state index in [9.17, 15) is 19.5 Å². The summed E-state index contributed by atoms with van der Waals surface area (Å²) < 4.78 is 5.89. The predicted octanol–water partition coefficient (Wildman–Crippen LogP) is 7.63. The number of hydrogen-bond donors (Lipinski definition) is 3. The van der Waals surface area contributed by atoms with E-state index in [2.05, 4.69) is 48.3 Å². The highest BCUT2D eigenvalue weighted by Crippen LogP contribution is 2.40. The SMILES string of the molecule is CCCCCCCOc1ccc(-c2cnc(-c3ccc(C[C@H](NC(=O)[C@H]4CC[C@H](C(C)(C)C)CC4)C(=O)N[C@H](C)C(=O)O)cc3)nc2)cc1. The highest BCUT2D eigenvalue weighted by molar-refractivity contribution is 5.91. The fourth-order valence-corrected chi connectivity index (χ4v) is 6.39. The lowest BCUT2D eigenvalue weighted by molar-refractivity contribution is -0.141. The first-order valence-electron chi connectivity index (χ1n) is 17.9. The largest absolute Gasteiger partial charge is 0.494 e.